The Morgan fingerprint density at radius 1 is 1.06 bits per heavy atom. The van der Waals surface area contributed by atoms with Crippen LogP contribution in [0.2, 0.25) is 0 Å². The number of hydrogen-bond acceptors (Lipinski definition) is 8. The van der Waals surface area contributed by atoms with Gasteiger partial charge >= 0.3 is 5.69 Å². The Morgan fingerprint density at radius 2 is 1.88 bits per heavy atom. The van der Waals surface area contributed by atoms with Crippen molar-refractivity contribution in [2.24, 2.45) is 0 Å². The quantitative estimate of drug-likeness (QED) is 0.289. The molecule has 0 bridgehead atoms. The third kappa shape index (κ3) is 4.67. The molecule has 4 aromatic rings. The van der Waals surface area contributed by atoms with Gasteiger partial charge in [0.1, 0.15) is 0 Å². The number of morpholine rings is 1. The standard InChI is InChI=1S/C22H23N5O5S2/c28-21-23-18-7-1-2-8-19(18)27(21)9-4-14-33-22-25-24-20(32-22)16-5-3-6-17(15-16)34(29,30)26-10-12-31-13-11-26/h1-3,5-8,15H,4,9-14H2,(H,23,28). The van der Waals surface area contributed by atoms with Crippen LogP contribution in [-0.4, -0.2) is 64.5 Å². The number of para-hydroxylation sites is 2. The van der Waals surface area contributed by atoms with Gasteiger partial charge in [-0.2, -0.15) is 4.31 Å². The average Bonchev–Trinajstić information content (AvgIpc) is 3.46. The van der Waals surface area contributed by atoms with E-state index in [0.29, 0.717) is 49.4 Å². The van der Waals surface area contributed by atoms with Gasteiger partial charge in [0.25, 0.3) is 5.22 Å². The third-order valence-electron chi connectivity index (χ3n) is 5.53. The normalized spacial score (nSPS) is 15.2. The summed E-state index contributed by atoms with van der Waals surface area (Å²) in [6.07, 6.45) is 0.734. The number of benzene rings is 2. The van der Waals surface area contributed by atoms with Crippen LogP contribution in [0.25, 0.3) is 22.5 Å². The van der Waals surface area contributed by atoms with E-state index in [1.54, 1.807) is 28.8 Å². The number of sulfonamides is 1. The monoisotopic (exact) mass is 501 g/mol. The second kappa shape index (κ2) is 9.74. The van der Waals surface area contributed by atoms with Gasteiger partial charge in [0.15, 0.2) is 0 Å². The van der Waals surface area contributed by atoms with Crippen LogP contribution in [0.3, 0.4) is 0 Å². The molecule has 178 valence electrons. The smallest absolute Gasteiger partial charge is 0.326 e. The first kappa shape index (κ1) is 22.8. The number of aryl methyl sites for hydroxylation is 1. The number of nitrogens with one attached hydrogen (secondary N) is 1. The van der Waals surface area contributed by atoms with E-state index in [2.05, 4.69) is 15.2 Å². The van der Waals surface area contributed by atoms with E-state index in [9.17, 15) is 13.2 Å². The number of nitrogens with zero attached hydrogens (tertiary/aromatic N) is 4. The van der Waals surface area contributed by atoms with Crippen LogP contribution in [0.15, 0.2) is 67.9 Å². The lowest BCUT2D eigenvalue weighted by Crippen LogP contribution is -2.40. The SMILES string of the molecule is O=c1[nH]c2ccccc2n1CCCSc1nnc(-c2cccc(S(=O)(=O)N3CCOCC3)c2)o1. The van der Waals surface area contributed by atoms with Crippen LogP contribution >= 0.6 is 11.8 Å². The van der Waals surface area contributed by atoms with E-state index in [1.165, 1.54) is 16.1 Å². The second-order valence-corrected chi connectivity index (χ2v) is 10.7. The molecule has 0 unspecified atom stereocenters. The van der Waals surface area contributed by atoms with Gasteiger partial charge in [-0.1, -0.05) is 30.0 Å². The van der Waals surface area contributed by atoms with Crippen molar-refractivity contribution < 1.29 is 17.6 Å². The molecule has 0 amide bonds. The number of H-pyrrole nitrogens is 1. The minimum absolute atomic E-state index is 0.127. The zero-order valence-electron chi connectivity index (χ0n) is 18.2. The van der Waals surface area contributed by atoms with Crippen LogP contribution in [0.1, 0.15) is 6.42 Å². The molecule has 5 rings (SSSR count). The van der Waals surface area contributed by atoms with Crippen LogP contribution in [0.5, 0.6) is 0 Å². The zero-order chi connectivity index (χ0) is 23.5. The Bertz CT molecular complexity index is 1450. The van der Waals surface area contributed by atoms with Gasteiger partial charge < -0.3 is 14.1 Å². The summed E-state index contributed by atoms with van der Waals surface area (Å²) in [7, 11) is -3.62. The molecule has 12 heteroatoms. The van der Waals surface area contributed by atoms with Gasteiger partial charge in [-0.3, -0.25) is 4.57 Å². The predicted octanol–water partition coefficient (Wildman–Crippen LogP) is 2.58. The minimum Gasteiger partial charge on any atom is -0.411 e. The van der Waals surface area contributed by atoms with Gasteiger partial charge in [0.05, 0.1) is 29.1 Å². The second-order valence-electron chi connectivity index (χ2n) is 7.72. The van der Waals surface area contributed by atoms with Crippen molar-refractivity contribution >= 4 is 32.8 Å². The molecule has 1 N–H and O–H groups in total. The Labute approximate surface area is 200 Å². The Morgan fingerprint density at radius 3 is 2.74 bits per heavy atom. The Hall–Kier alpha value is -2.93. The molecule has 0 spiro atoms. The van der Waals surface area contributed by atoms with E-state index in [-0.39, 0.29) is 16.5 Å². The molecular weight excluding hydrogens is 478 g/mol. The maximum Gasteiger partial charge on any atom is 0.326 e. The van der Waals surface area contributed by atoms with Crippen LogP contribution in [0.4, 0.5) is 0 Å². The third-order valence-corrected chi connectivity index (χ3v) is 8.33. The lowest BCUT2D eigenvalue weighted by molar-refractivity contribution is 0.0730. The summed E-state index contributed by atoms with van der Waals surface area (Å²) >= 11 is 1.40. The molecule has 1 aliphatic heterocycles. The van der Waals surface area contributed by atoms with Crippen molar-refractivity contribution in [3.63, 3.8) is 0 Å². The average molecular weight is 502 g/mol. The number of imidazole rings is 1. The summed E-state index contributed by atoms with van der Waals surface area (Å²) in [5.74, 6) is 0.938. The fraction of sp³-hybridized carbons (Fsp3) is 0.318. The summed E-state index contributed by atoms with van der Waals surface area (Å²) in [5.41, 5.74) is 2.11. The molecule has 3 heterocycles. The molecule has 0 atom stereocenters. The molecule has 10 nitrogen and oxygen atoms in total. The number of aromatic amines is 1. The first-order chi connectivity index (χ1) is 16.5. The highest BCUT2D eigenvalue weighted by molar-refractivity contribution is 7.99. The molecule has 0 saturated carbocycles. The van der Waals surface area contributed by atoms with Crippen molar-refractivity contribution in [1.82, 2.24) is 24.1 Å². The Kier molecular flexibility index (Phi) is 6.55. The van der Waals surface area contributed by atoms with E-state index in [1.807, 2.05) is 24.3 Å². The summed E-state index contributed by atoms with van der Waals surface area (Å²) in [4.78, 5) is 15.2. The van der Waals surface area contributed by atoms with E-state index < -0.39 is 10.0 Å². The number of hydrogen-bond donors (Lipinski definition) is 1. The molecule has 0 radical (unpaired) electrons. The summed E-state index contributed by atoms with van der Waals surface area (Å²) in [6.45, 7) is 2.01. The first-order valence-corrected chi connectivity index (χ1v) is 13.3. The van der Waals surface area contributed by atoms with Crippen molar-refractivity contribution in [3.8, 4) is 11.5 Å². The summed E-state index contributed by atoms with van der Waals surface area (Å²) in [6, 6.07) is 14.1. The Balaban J connectivity index is 1.22. The fourth-order valence-electron chi connectivity index (χ4n) is 3.82. The maximum atomic E-state index is 12.9. The molecule has 2 aromatic carbocycles. The van der Waals surface area contributed by atoms with E-state index in [0.717, 1.165) is 17.5 Å². The highest BCUT2D eigenvalue weighted by atomic mass is 32.2. The number of thioether (sulfide) groups is 1. The number of ether oxygens (including phenoxy) is 1. The van der Waals surface area contributed by atoms with E-state index in [4.69, 9.17) is 9.15 Å². The molecule has 2 aromatic heterocycles. The largest absolute Gasteiger partial charge is 0.411 e. The van der Waals surface area contributed by atoms with Crippen molar-refractivity contribution in [1.29, 1.82) is 0 Å². The molecule has 1 aliphatic rings. The van der Waals surface area contributed by atoms with E-state index >= 15 is 0 Å². The fourth-order valence-corrected chi connectivity index (χ4v) is 5.96. The van der Waals surface area contributed by atoms with Crippen LogP contribution < -0.4 is 5.69 Å². The molecule has 1 saturated heterocycles. The molecule has 1 fully saturated rings. The van der Waals surface area contributed by atoms with Crippen LogP contribution in [-0.2, 0) is 21.3 Å². The van der Waals surface area contributed by atoms with Gasteiger partial charge in [-0.25, -0.2) is 13.2 Å². The predicted molar refractivity (Wildman–Crippen MR) is 127 cm³/mol. The van der Waals surface area contributed by atoms with Gasteiger partial charge in [-0.15, -0.1) is 10.2 Å². The van der Waals surface area contributed by atoms with Crippen LogP contribution in [0, 0.1) is 0 Å². The number of aromatic nitrogens is 4. The summed E-state index contributed by atoms with van der Waals surface area (Å²) in [5, 5.41) is 8.54. The number of rotatable bonds is 8. The maximum absolute atomic E-state index is 12.9. The number of fused-ring (bicyclic) bond motifs is 1. The van der Waals surface area contributed by atoms with Gasteiger partial charge in [-0.05, 0) is 36.8 Å². The lowest BCUT2D eigenvalue weighted by atomic mass is 10.2. The van der Waals surface area contributed by atoms with Crippen molar-refractivity contribution in [2.45, 2.75) is 23.1 Å². The first-order valence-electron chi connectivity index (χ1n) is 10.8. The van der Waals surface area contributed by atoms with Gasteiger partial charge in [0.2, 0.25) is 15.9 Å². The molecule has 0 aliphatic carbocycles. The van der Waals surface area contributed by atoms with Gasteiger partial charge in [0, 0.05) is 31.0 Å². The highest BCUT2D eigenvalue weighted by Crippen LogP contribution is 2.27. The molecular formula is C22H23N5O5S2. The zero-order valence-corrected chi connectivity index (χ0v) is 19.8. The molecule has 34 heavy (non-hydrogen) atoms. The van der Waals surface area contributed by atoms with Crippen molar-refractivity contribution in [2.75, 3.05) is 32.1 Å². The minimum atomic E-state index is -3.62. The summed E-state index contributed by atoms with van der Waals surface area (Å²) < 4.78 is 40.0. The highest BCUT2D eigenvalue weighted by Gasteiger charge is 2.27. The topological polar surface area (TPSA) is 123 Å². The van der Waals surface area contributed by atoms with Crippen molar-refractivity contribution in [3.05, 3.63) is 59.0 Å². The lowest BCUT2D eigenvalue weighted by Gasteiger charge is -2.26.